The van der Waals surface area contributed by atoms with Crippen LogP contribution in [0.1, 0.15) is 24.8 Å². The zero-order valence-electron chi connectivity index (χ0n) is 18.1. The number of carbonyl (C=O) groups excluding carboxylic acids is 1. The van der Waals surface area contributed by atoms with Gasteiger partial charge in [0.15, 0.2) is 0 Å². The number of rotatable bonds is 7. The van der Waals surface area contributed by atoms with Crippen molar-refractivity contribution in [3.05, 3.63) is 53.1 Å². The molecule has 1 amide bonds. The highest BCUT2D eigenvalue weighted by Gasteiger charge is 2.18. The van der Waals surface area contributed by atoms with E-state index in [1.165, 1.54) is 11.9 Å². The lowest BCUT2D eigenvalue weighted by Gasteiger charge is -2.36. The number of para-hydroxylation sites is 1. The summed E-state index contributed by atoms with van der Waals surface area (Å²) in [7, 11) is 0. The van der Waals surface area contributed by atoms with E-state index in [-0.39, 0.29) is 5.91 Å². The first kappa shape index (κ1) is 23.7. The van der Waals surface area contributed by atoms with Gasteiger partial charge in [-0.15, -0.1) is 11.6 Å². The number of alkyl halides is 1. The van der Waals surface area contributed by atoms with Gasteiger partial charge in [0.25, 0.3) is 0 Å². The van der Waals surface area contributed by atoms with Crippen molar-refractivity contribution in [3.8, 4) is 5.75 Å². The predicted molar refractivity (Wildman–Crippen MR) is 130 cm³/mol. The Balaban J connectivity index is 0.00000132. The predicted octanol–water partition coefficient (Wildman–Crippen LogP) is 5.06. The van der Waals surface area contributed by atoms with Gasteiger partial charge in [-0.3, -0.25) is 9.69 Å². The zero-order valence-corrected chi connectivity index (χ0v) is 19.6. The summed E-state index contributed by atoms with van der Waals surface area (Å²) in [6.07, 6.45) is 4.99. The van der Waals surface area contributed by atoms with Crippen LogP contribution in [0.3, 0.4) is 0 Å². The largest absolute Gasteiger partial charge is 0.494 e. The first-order chi connectivity index (χ1) is 15.2. The minimum absolute atomic E-state index is 0.0873. The molecular weight excluding hydrogens is 433 g/mol. The Labute approximate surface area is 195 Å². The van der Waals surface area contributed by atoms with Crippen LogP contribution in [-0.4, -0.2) is 56.5 Å². The van der Waals surface area contributed by atoms with Gasteiger partial charge in [0, 0.05) is 50.7 Å². The number of nitrogens with one attached hydrogen (secondary N) is 1. The van der Waals surface area contributed by atoms with Crippen LogP contribution in [0, 0.1) is 0 Å². The van der Waals surface area contributed by atoms with E-state index in [9.17, 15) is 4.79 Å². The lowest BCUT2D eigenvalue weighted by molar-refractivity contribution is -0.116. The van der Waals surface area contributed by atoms with E-state index in [1.54, 1.807) is 0 Å². The smallest absolute Gasteiger partial charge is 0.224 e. The molecule has 1 N–H and O–H groups in total. The Morgan fingerprint density at radius 1 is 1.00 bits per heavy atom. The molecule has 2 aromatic rings. The maximum atomic E-state index is 11.5. The molecule has 0 atom stereocenters. The number of fused-ring (bicyclic) bond motifs is 1. The molecule has 0 aromatic heterocycles. The zero-order chi connectivity index (χ0) is 22.1. The number of unbranched alkanes of at least 4 members (excludes halogenated alkanes) is 1. The number of amides is 1. The SMILES string of the molecule is CCl.O=C1CCc2ccc(OCCCCN3CCN(c4ccccc4Cl)CC3)cc2N1. The van der Waals surface area contributed by atoms with Crippen molar-refractivity contribution in [2.24, 2.45) is 0 Å². The molecule has 2 aromatic carbocycles. The summed E-state index contributed by atoms with van der Waals surface area (Å²) in [6, 6.07) is 14.1. The highest BCUT2D eigenvalue weighted by Crippen LogP contribution is 2.28. The number of nitrogens with zero attached hydrogens (tertiary/aromatic N) is 2. The number of ether oxygens (including phenoxy) is 1. The molecule has 168 valence electrons. The number of piperazine rings is 1. The Kier molecular flexibility index (Phi) is 9.31. The fraction of sp³-hybridized carbons (Fsp3) is 0.458. The van der Waals surface area contributed by atoms with Crippen molar-refractivity contribution in [1.29, 1.82) is 0 Å². The molecule has 0 saturated carbocycles. The van der Waals surface area contributed by atoms with E-state index >= 15 is 0 Å². The van der Waals surface area contributed by atoms with Gasteiger partial charge in [0.1, 0.15) is 5.75 Å². The van der Waals surface area contributed by atoms with Crippen LogP contribution in [0.2, 0.25) is 5.02 Å². The highest BCUT2D eigenvalue weighted by molar-refractivity contribution is 6.33. The minimum atomic E-state index is 0.0873. The lowest BCUT2D eigenvalue weighted by atomic mass is 10.0. The molecule has 1 fully saturated rings. The Bertz CT molecular complexity index is 854. The fourth-order valence-corrected chi connectivity index (χ4v) is 4.24. The van der Waals surface area contributed by atoms with Crippen LogP contribution in [-0.2, 0) is 11.2 Å². The summed E-state index contributed by atoms with van der Waals surface area (Å²) in [5.41, 5.74) is 3.23. The third kappa shape index (κ3) is 6.76. The Hall–Kier alpha value is -1.95. The molecule has 0 radical (unpaired) electrons. The third-order valence-electron chi connectivity index (χ3n) is 5.68. The first-order valence-corrected chi connectivity index (χ1v) is 12.0. The van der Waals surface area contributed by atoms with Crippen molar-refractivity contribution in [2.75, 3.05) is 55.9 Å². The monoisotopic (exact) mass is 463 g/mol. The number of aryl methyl sites for hydroxylation is 1. The summed E-state index contributed by atoms with van der Waals surface area (Å²) in [4.78, 5) is 16.4. The van der Waals surface area contributed by atoms with Gasteiger partial charge in [-0.25, -0.2) is 0 Å². The van der Waals surface area contributed by atoms with E-state index in [0.29, 0.717) is 13.0 Å². The molecule has 0 unspecified atom stereocenters. The molecule has 31 heavy (non-hydrogen) atoms. The summed E-state index contributed by atoms with van der Waals surface area (Å²) in [6.45, 7) is 5.96. The second kappa shape index (κ2) is 12.2. The van der Waals surface area contributed by atoms with E-state index < -0.39 is 0 Å². The standard InChI is InChI=1S/C23H28ClN3O2.CH3Cl/c24-20-5-1-2-6-22(20)27-14-12-26(13-15-27)11-3-4-16-29-19-9-7-18-8-10-23(28)25-21(18)17-19;1-2/h1-2,5-7,9,17H,3-4,8,10-16H2,(H,25,28);1H3. The van der Waals surface area contributed by atoms with Gasteiger partial charge in [-0.05, 0) is 49.6 Å². The summed E-state index contributed by atoms with van der Waals surface area (Å²) >= 11 is 11.0. The average Bonchev–Trinajstić information content (AvgIpc) is 2.81. The quantitative estimate of drug-likeness (QED) is 0.460. The molecular formula is C24H31Cl2N3O2. The van der Waals surface area contributed by atoms with E-state index in [0.717, 1.165) is 74.1 Å². The van der Waals surface area contributed by atoms with Crippen molar-refractivity contribution in [2.45, 2.75) is 25.7 Å². The lowest BCUT2D eigenvalue weighted by Crippen LogP contribution is -2.46. The maximum Gasteiger partial charge on any atom is 0.224 e. The van der Waals surface area contributed by atoms with E-state index in [1.807, 2.05) is 30.3 Å². The minimum Gasteiger partial charge on any atom is -0.494 e. The maximum absolute atomic E-state index is 11.5. The molecule has 2 heterocycles. The molecule has 0 bridgehead atoms. The van der Waals surface area contributed by atoms with Crippen LogP contribution in [0.5, 0.6) is 5.75 Å². The Morgan fingerprint density at radius 2 is 1.77 bits per heavy atom. The van der Waals surface area contributed by atoms with E-state index in [4.69, 9.17) is 16.3 Å². The third-order valence-corrected chi connectivity index (χ3v) is 6.00. The molecule has 7 heteroatoms. The van der Waals surface area contributed by atoms with Crippen molar-refractivity contribution >= 4 is 40.5 Å². The number of benzene rings is 2. The summed E-state index contributed by atoms with van der Waals surface area (Å²) in [5, 5.41) is 3.76. The molecule has 0 spiro atoms. The Morgan fingerprint density at radius 3 is 2.55 bits per heavy atom. The van der Waals surface area contributed by atoms with Crippen molar-refractivity contribution in [1.82, 2.24) is 4.90 Å². The first-order valence-electron chi connectivity index (χ1n) is 10.8. The molecule has 2 aliphatic heterocycles. The second-order valence-electron chi connectivity index (χ2n) is 7.70. The fourth-order valence-electron chi connectivity index (χ4n) is 3.99. The highest BCUT2D eigenvalue weighted by atomic mass is 35.5. The van der Waals surface area contributed by atoms with Crippen LogP contribution < -0.4 is 15.0 Å². The van der Waals surface area contributed by atoms with Gasteiger partial charge in [0.2, 0.25) is 5.91 Å². The van der Waals surface area contributed by atoms with Gasteiger partial charge >= 0.3 is 0 Å². The number of halogens is 2. The number of carbonyl (C=O) groups is 1. The number of anilines is 2. The van der Waals surface area contributed by atoms with E-state index in [2.05, 4.69) is 38.9 Å². The molecule has 1 saturated heterocycles. The van der Waals surface area contributed by atoms with Crippen LogP contribution in [0.4, 0.5) is 11.4 Å². The van der Waals surface area contributed by atoms with Crippen molar-refractivity contribution in [3.63, 3.8) is 0 Å². The average molecular weight is 464 g/mol. The van der Waals surface area contributed by atoms with Crippen LogP contribution in [0.15, 0.2) is 42.5 Å². The van der Waals surface area contributed by atoms with Crippen LogP contribution in [0.25, 0.3) is 0 Å². The van der Waals surface area contributed by atoms with Gasteiger partial charge in [-0.2, -0.15) is 0 Å². The normalized spacial score (nSPS) is 16.1. The summed E-state index contributed by atoms with van der Waals surface area (Å²) in [5.74, 6) is 0.920. The van der Waals surface area contributed by atoms with Gasteiger partial charge in [0.05, 0.1) is 17.3 Å². The second-order valence-corrected chi connectivity index (χ2v) is 8.11. The van der Waals surface area contributed by atoms with Crippen molar-refractivity contribution < 1.29 is 9.53 Å². The molecule has 2 aliphatic rings. The molecule has 4 rings (SSSR count). The number of hydrogen-bond acceptors (Lipinski definition) is 4. The van der Waals surface area contributed by atoms with Crippen LogP contribution >= 0.6 is 23.2 Å². The molecule has 0 aliphatic carbocycles. The molecule has 5 nitrogen and oxygen atoms in total. The van der Waals surface area contributed by atoms with Gasteiger partial charge < -0.3 is 15.0 Å². The summed E-state index contributed by atoms with van der Waals surface area (Å²) < 4.78 is 5.89. The number of hydrogen-bond donors (Lipinski definition) is 1. The topological polar surface area (TPSA) is 44.8 Å². The van der Waals surface area contributed by atoms with Gasteiger partial charge in [-0.1, -0.05) is 29.8 Å².